The van der Waals surface area contributed by atoms with Gasteiger partial charge in [0, 0.05) is 31.2 Å². The molecular formula is C21H23N9. The third-order valence-electron chi connectivity index (χ3n) is 6.02. The number of anilines is 1. The number of imidazole rings is 1. The Morgan fingerprint density at radius 3 is 2.83 bits per heavy atom. The maximum Gasteiger partial charge on any atom is 0.245 e. The summed E-state index contributed by atoms with van der Waals surface area (Å²) in [5.41, 5.74) is 5.48. The summed E-state index contributed by atoms with van der Waals surface area (Å²) in [5, 5.41) is 17.3. The summed E-state index contributed by atoms with van der Waals surface area (Å²) in [6.45, 7) is 4.82. The molecule has 0 amide bonds. The van der Waals surface area contributed by atoms with Crippen LogP contribution in [0.25, 0.3) is 28.2 Å². The number of nitrogens with zero attached hydrogens (tertiary/aromatic N) is 7. The molecule has 1 saturated carbocycles. The molecule has 152 valence electrons. The highest BCUT2D eigenvalue weighted by molar-refractivity contribution is 5.80. The zero-order valence-corrected chi connectivity index (χ0v) is 16.8. The molecule has 4 aromatic rings. The van der Waals surface area contributed by atoms with E-state index in [0.29, 0.717) is 12.0 Å². The minimum atomic E-state index is 0.548. The Morgan fingerprint density at radius 1 is 1.13 bits per heavy atom. The normalized spacial score (nSPS) is 19.5. The molecule has 1 atom stereocenters. The van der Waals surface area contributed by atoms with Gasteiger partial charge >= 0.3 is 0 Å². The van der Waals surface area contributed by atoms with Gasteiger partial charge in [-0.15, -0.1) is 10.2 Å². The van der Waals surface area contributed by atoms with Gasteiger partial charge in [0.1, 0.15) is 5.69 Å². The molecule has 0 radical (unpaired) electrons. The second-order valence-electron chi connectivity index (χ2n) is 8.17. The second-order valence-corrected chi connectivity index (χ2v) is 8.17. The van der Waals surface area contributed by atoms with E-state index in [0.717, 1.165) is 59.4 Å². The SMILES string of the molecule is Cc1cc2c(-c3cnc(N4CCN[C@@H](C5CC5)C4)nn3)ccc(-c3cnc[nH]3)n2n1. The summed E-state index contributed by atoms with van der Waals surface area (Å²) >= 11 is 0. The molecule has 0 aromatic carbocycles. The average molecular weight is 401 g/mol. The number of pyridine rings is 1. The molecule has 1 aliphatic heterocycles. The predicted molar refractivity (Wildman–Crippen MR) is 113 cm³/mol. The van der Waals surface area contributed by atoms with Crippen molar-refractivity contribution < 1.29 is 0 Å². The first-order chi connectivity index (χ1) is 14.8. The van der Waals surface area contributed by atoms with Gasteiger partial charge in [-0.25, -0.2) is 14.5 Å². The summed E-state index contributed by atoms with van der Waals surface area (Å²) in [7, 11) is 0. The number of rotatable bonds is 4. The van der Waals surface area contributed by atoms with Crippen LogP contribution in [-0.4, -0.2) is 60.4 Å². The molecule has 1 aliphatic carbocycles. The summed E-state index contributed by atoms with van der Waals surface area (Å²) < 4.78 is 1.92. The van der Waals surface area contributed by atoms with E-state index < -0.39 is 0 Å². The minimum Gasteiger partial charge on any atom is -0.343 e. The molecule has 5 heterocycles. The van der Waals surface area contributed by atoms with Crippen LogP contribution in [0.1, 0.15) is 18.5 Å². The number of piperazine rings is 1. The van der Waals surface area contributed by atoms with Gasteiger partial charge in [-0.2, -0.15) is 5.10 Å². The van der Waals surface area contributed by atoms with Crippen molar-refractivity contribution in [2.75, 3.05) is 24.5 Å². The third-order valence-corrected chi connectivity index (χ3v) is 6.02. The number of aromatic nitrogens is 7. The monoisotopic (exact) mass is 401 g/mol. The fraction of sp³-hybridized carbons (Fsp3) is 0.381. The maximum absolute atomic E-state index is 4.66. The number of hydrogen-bond acceptors (Lipinski definition) is 7. The Kier molecular flexibility index (Phi) is 4.02. The lowest BCUT2D eigenvalue weighted by Gasteiger charge is -2.33. The van der Waals surface area contributed by atoms with E-state index in [4.69, 9.17) is 0 Å². The predicted octanol–water partition coefficient (Wildman–Crippen LogP) is 2.07. The van der Waals surface area contributed by atoms with Crippen LogP contribution in [0.5, 0.6) is 0 Å². The number of aromatic amines is 1. The van der Waals surface area contributed by atoms with Crippen molar-refractivity contribution in [2.24, 2.45) is 5.92 Å². The number of hydrogen-bond donors (Lipinski definition) is 2. The molecule has 2 aliphatic rings. The Morgan fingerprint density at radius 2 is 2.07 bits per heavy atom. The Labute approximate surface area is 173 Å². The maximum atomic E-state index is 4.66. The van der Waals surface area contributed by atoms with Crippen LogP contribution in [0.15, 0.2) is 36.9 Å². The first-order valence-corrected chi connectivity index (χ1v) is 10.4. The Balaban J connectivity index is 1.33. The second kappa shape index (κ2) is 6.88. The van der Waals surface area contributed by atoms with Gasteiger partial charge in [-0.05, 0) is 43.9 Å². The molecule has 9 heteroatoms. The fourth-order valence-corrected chi connectivity index (χ4v) is 4.32. The standard InChI is InChI=1S/C21H23N9/c1-13-8-20-15(4-5-19(30(20)28-13)17-9-22-12-25-17)16-10-24-21(27-26-16)29-7-6-23-18(11-29)14-2-3-14/h4-5,8-10,12,14,18,23H,2-3,6-7,11H2,1H3,(H,22,25)/t18-/m1/s1. The van der Waals surface area contributed by atoms with E-state index in [9.17, 15) is 0 Å². The molecule has 9 nitrogen and oxygen atoms in total. The van der Waals surface area contributed by atoms with Crippen molar-refractivity contribution in [3.63, 3.8) is 0 Å². The highest BCUT2D eigenvalue weighted by Crippen LogP contribution is 2.34. The lowest BCUT2D eigenvalue weighted by Crippen LogP contribution is -2.52. The zero-order chi connectivity index (χ0) is 20.1. The molecule has 0 bridgehead atoms. The summed E-state index contributed by atoms with van der Waals surface area (Å²) in [6.07, 6.45) is 7.95. The lowest BCUT2D eigenvalue weighted by molar-refractivity contribution is 0.414. The Hall–Kier alpha value is -3.33. The van der Waals surface area contributed by atoms with Crippen molar-refractivity contribution >= 4 is 11.5 Å². The molecule has 2 N–H and O–H groups in total. The zero-order valence-electron chi connectivity index (χ0n) is 16.8. The van der Waals surface area contributed by atoms with Gasteiger partial charge in [-0.3, -0.25) is 0 Å². The third kappa shape index (κ3) is 3.02. The van der Waals surface area contributed by atoms with Crippen molar-refractivity contribution in [2.45, 2.75) is 25.8 Å². The smallest absolute Gasteiger partial charge is 0.245 e. The van der Waals surface area contributed by atoms with Gasteiger partial charge in [0.15, 0.2) is 0 Å². The molecular weight excluding hydrogens is 378 g/mol. The largest absolute Gasteiger partial charge is 0.343 e. The first-order valence-electron chi connectivity index (χ1n) is 10.4. The van der Waals surface area contributed by atoms with Crippen LogP contribution in [0.3, 0.4) is 0 Å². The van der Waals surface area contributed by atoms with E-state index in [1.165, 1.54) is 12.8 Å². The molecule has 1 saturated heterocycles. The number of H-pyrrole nitrogens is 1. The topological polar surface area (TPSA) is 99.9 Å². The minimum absolute atomic E-state index is 0.548. The highest BCUT2D eigenvalue weighted by atomic mass is 15.3. The number of nitrogens with one attached hydrogen (secondary N) is 2. The van der Waals surface area contributed by atoms with E-state index in [-0.39, 0.29) is 0 Å². The van der Waals surface area contributed by atoms with E-state index in [2.05, 4.69) is 46.5 Å². The fourth-order valence-electron chi connectivity index (χ4n) is 4.32. The Bertz CT molecular complexity index is 1180. The number of fused-ring (bicyclic) bond motifs is 1. The quantitative estimate of drug-likeness (QED) is 0.540. The van der Waals surface area contributed by atoms with E-state index >= 15 is 0 Å². The summed E-state index contributed by atoms with van der Waals surface area (Å²) in [4.78, 5) is 14.2. The van der Waals surface area contributed by atoms with Gasteiger partial charge in [0.2, 0.25) is 5.95 Å². The van der Waals surface area contributed by atoms with Crippen molar-refractivity contribution in [1.82, 2.24) is 40.1 Å². The van der Waals surface area contributed by atoms with Crippen LogP contribution in [-0.2, 0) is 0 Å². The van der Waals surface area contributed by atoms with Crippen LogP contribution in [0.4, 0.5) is 5.95 Å². The summed E-state index contributed by atoms with van der Waals surface area (Å²) in [5.74, 6) is 1.52. The first kappa shape index (κ1) is 17.5. The molecule has 6 rings (SSSR count). The van der Waals surface area contributed by atoms with Crippen molar-refractivity contribution in [1.29, 1.82) is 0 Å². The average Bonchev–Trinajstić information content (AvgIpc) is 3.34. The van der Waals surface area contributed by atoms with Gasteiger partial charge < -0.3 is 15.2 Å². The van der Waals surface area contributed by atoms with Crippen molar-refractivity contribution in [3.8, 4) is 22.6 Å². The van der Waals surface area contributed by atoms with Gasteiger partial charge in [0.05, 0.1) is 41.3 Å². The van der Waals surface area contributed by atoms with Crippen LogP contribution >= 0.6 is 0 Å². The number of aryl methyl sites for hydroxylation is 1. The molecule has 2 fully saturated rings. The molecule has 0 unspecified atom stereocenters. The lowest BCUT2D eigenvalue weighted by atomic mass is 10.1. The summed E-state index contributed by atoms with van der Waals surface area (Å²) in [6, 6.07) is 6.67. The van der Waals surface area contributed by atoms with E-state index in [1.54, 1.807) is 12.5 Å². The van der Waals surface area contributed by atoms with Crippen molar-refractivity contribution in [3.05, 3.63) is 42.6 Å². The van der Waals surface area contributed by atoms with Gasteiger partial charge in [0.25, 0.3) is 0 Å². The van der Waals surface area contributed by atoms with Gasteiger partial charge in [-0.1, -0.05) is 0 Å². The van der Waals surface area contributed by atoms with Crippen LogP contribution in [0, 0.1) is 12.8 Å². The molecule has 4 aromatic heterocycles. The van der Waals surface area contributed by atoms with E-state index in [1.807, 2.05) is 29.8 Å². The highest BCUT2D eigenvalue weighted by Gasteiger charge is 2.34. The molecule has 0 spiro atoms. The molecule has 30 heavy (non-hydrogen) atoms. The van der Waals surface area contributed by atoms with Crippen LogP contribution < -0.4 is 10.2 Å². The van der Waals surface area contributed by atoms with Crippen LogP contribution in [0.2, 0.25) is 0 Å².